The highest BCUT2D eigenvalue weighted by molar-refractivity contribution is 5.91. The van der Waals surface area contributed by atoms with Crippen LogP contribution < -0.4 is 4.90 Å². The lowest BCUT2D eigenvalue weighted by Gasteiger charge is -2.44. The predicted octanol–water partition coefficient (Wildman–Crippen LogP) is 8.59. The van der Waals surface area contributed by atoms with Gasteiger partial charge in [0.1, 0.15) is 0 Å². The van der Waals surface area contributed by atoms with Crippen molar-refractivity contribution in [2.75, 3.05) is 18.6 Å². The molecule has 2 fully saturated rings. The Bertz CT molecular complexity index is 1380. The van der Waals surface area contributed by atoms with Crippen LogP contribution >= 0.6 is 0 Å². The number of methoxy groups -OCH3 is 1. The predicted molar refractivity (Wildman–Crippen MR) is 136 cm³/mol. The molecule has 5 rings (SSSR count). The van der Waals surface area contributed by atoms with Crippen molar-refractivity contribution in [1.82, 2.24) is 4.90 Å². The second-order valence-electron chi connectivity index (χ2n) is 11.3. The van der Waals surface area contributed by atoms with E-state index < -0.39 is 71.6 Å². The first kappa shape index (κ1) is 31.8. The summed E-state index contributed by atoms with van der Waals surface area (Å²) in [6.45, 7) is -0.735. The number of hydrogen-bond acceptors (Lipinski definition) is 4. The van der Waals surface area contributed by atoms with Crippen molar-refractivity contribution in [2.45, 2.75) is 69.3 Å². The Morgan fingerprint density at radius 2 is 1.43 bits per heavy atom. The fourth-order valence-corrected chi connectivity index (χ4v) is 5.54. The van der Waals surface area contributed by atoms with Gasteiger partial charge < -0.3 is 9.47 Å². The zero-order valence-corrected chi connectivity index (χ0v) is 23.2. The Hall–Kier alpha value is -3.65. The molecule has 0 N–H and O–H groups in total. The fraction of sp³-hybridized carbons (Fsp3) is 0.517. The van der Waals surface area contributed by atoms with E-state index in [9.17, 15) is 49.1 Å². The van der Waals surface area contributed by atoms with Crippen LogP contribution in [0, 0.1) is 11.8 Å². The number of ether oxygens (including phenoxy) is 2. The topological polar surface area (TPSA) is 59.1 Å². The molecule has 2 aromatic rings. The Morgan fingerprint density at radius 3 is 1.93 bits per heavy atom. The van der Waals surface area contributed by atoms with Gasteiger partial charge in [-0.05, 0) is 91.5 Å². The molecule has 44 heavy (non-hydrogen) atoms. The first-order valence-corrected chi connectivity index (χ1v) is 13.8. The highest BCUT2D eigenvalue weighted by Gasteiger charge is 2.48. The Morgan fingerprint density at radius 1 is 0.841 bits per heavy atom. The summed E-state index contributed by atoms with van der Waals surface area (Å²) in [7, 11) is 0.929. The first-order valence-electron chi connectivity index (χ1n) is 13.8. The van der Waals surface area contributed by atoms with Crippen molar-refractivity contribution in [3.05, 3.63) is 64.2 Å². The number of alkyl halides is 9. The molecule has 2 amide bonds. The molecule has 0 spiro atoms. The third-order valence-corrected chi connectivity index (χ3v) is 8.06. The van der Waals surface area contributed by atoms with Crippen molar-refractivity contribution in [1.29, 1.82) is 0 Å². The smallest absolute Gasteiger partial charge is 0.416 e. The van der Waals surface area contributed by atoms with Crippen LogP contribution in [-0.2, 0) is 34.5 Å². The molecule has 2 saturated carbocycles. The lowest BCUT2D eigenvalue weighted by atomic mass is 9.86. The van der Waals surface area contributed by atoms with Crippen LogP contribution in [0.1, 0.15) is 66.0 Å². The van der Waals surface area contributed by atoms with Gasteiger partial charge in [0, 0.05) is 12.6 Å². The number of carbonyl (C=O) groups excluding carboxylic acids is 2. The lowest BCUT2D eigenvalue weighted by molar-refractivity contribution is -0.143. The molecule has 1 aliphatic heterocycles. The molecule has 2 atom stereocenters. The maximum absolute atomic E-state index is 13.8. The molecular formula is C29H27F9N2O4. The SMILES string of the molecule is COC(=O)N(Cc1cc(C(F)(F)F)cc(C(F)(F)F)c1)[C@@H]1C[C@H](C2CC2)N(C(=O)OCC2CC2)c2ccc(C(F)(F)F)cc21. The third kappa shape index (κ3) is 6.85. The monoisotopic (exact) mass is 638 g/mol. The van der Waals surface area contributed by atoms with Crippen LogP contribution in [0.4, 0.5) is 54.8 Å². The number of carbonyl (C=O) groups is 2. The summed E-state index contributed by atoms with van der Waals surface area (Å²) in [6, 6.07) is 1.41. The number of benzene rings is 2. The van der Waals surface area contributed by atoms with Crippen molar-refractivity contribution in [2.24, 2.45) is 11.8 Å². The second kappa shape index (κ2) is 11.4. The van der Waals surface area contributed by atoms with E-state index in [1.165, 1.54) is 4.90 Å². The molecule has 0 saturated heterocycles. The van der Waals surface area contributed by atoms with Gasteiger partial charge >= 0.3 is 30.7 Å². The van der Waals surface area contributed by atoms with Crippen molar-refractivity contribution in [3.63, 3.8) is 0 Å². The maximum atomic E-state index is 13.8. The van der Waals surface area contributed by atoms with E-state index >= 15 is 0 Å². The van der Waals surface area contributed by atoms with Crippen LogP contribution in [0.3, 0.4) is 0 Å². The highest BCUT2D eigenvalue weighted by Crippen LogP contribution is 2.50. The van der Waals surface area contributed by atoms with Crippen LogP contribution in [0.2, 0.25) is 0 Å². The van der Waals surface area contributed by atoms with E-state index in [0.29, 0.717) is 25.0 Å². The zero-order valence-electron chi connectivity index (χ0n) is 23.2. The van der Waals surface area contributed by atoms with E-state index in [1.54, 1.807) is 0 Å². The summed E-state index contributed by atoms with van der Waals surface area (Å²) in [5, 5.41) is 0. The first-order chi connectivity index (χ1) is 20.5. The second-order valence-corrected chi connectivity index (χ2v) is 11.3. The van der Waals surface area contributed by atoms with Gasteiger partial charge in [-0.25, -0.2) is 9.59 Å². The standard InChI is InChI=1S/C29H27F9N2O4/c1-43-25(41)39(13-16-8-19(28(33,34)35)10-20(9-16)29(36,37)38)24-12-23(17-4-5-17)40(26(42)44-14-15-2-3-15)22-7-6-18(11-21(22)24)27(30,31)32/h6-11,15,17,23-24H,2-5,12-14H2,1H3/t23-,24-/m1/s1. The molecule has 0 radical (unpaired) electrons. The van der Waals surface area contributed by atoms with Crippen LogP contribution in [0.25, 0.3) is 0 Å². The number of fused-ring (bicyclic) bond motifs is 1. The van der Waals surface area contributed by atoms with Crippen LogP contribution in [0.5, 0.6) is 0 Å². The number of nitrogens with zero attached hydrogens (tertiary/aromatic N) is 2. The van der Waals surface area contributed by atoms with Crippen molar-refractivity contribution >= 4 is 17.9 Å². The fourth-order valence-electron chi connectivity index (χ4n) is 5.54. The number of hydrogen-bond donors (Lipinski definition) is 0. The molecule has 0 bridgehead atoms. The largest absolute Gasteiger partial charge is 0.453 e. The molecule has 0 unspecified atom stereocenters. The molecule has 15 heteroatoms. The molecule has 6 nitrogen and oxygen atoms in total. The molecular weight excluding hydrogens is 611 g/mol. The van der Waals surface area contributed by atoms with Gasteiger partial charge in [0.2, 0.25) is 0 Å². The molecule has 0 aromatic heterocycles. The van der Waals surface area contributed by atoms with Gasteiger partial charge in [-0.3, -0.25) is 9.80 Å². The average Bonchev–Trinajstić information content (AvgIpc) is 3.86. The normalized spacial score (nSPS) is 20.6. The third-order valence-electron chi connectivity index (χ3n) is 8.06. The number of halogens is 9. The highest BCUT2D eigenvalue weighted by atomic mass is 19.4. The number of anilines is 1. The van der Waals surface area contributed by atoms with Crippen LogP contribution in [0.15, 0.2) is 36.4 Å². The number of rotatable bonds is 6. The minimum atomic E-state index is -5.16. The summed E-state index contributed by atoms with van der Waals surface area (Å²) in [5.41, 5.74) is -5.10. The molecule has 1 heterocycles. The maximum Gasteiger partial charge on any atom is 0.416 e. The van der Waals surface area contributed by atoms with E-state index in [2.05, 4.69) is 0 Å². The molecule has 3 aliphatic rings. The van der Waals surface area contributed by atoms with Gasteiger partial charge in [-0.15, -0.1) is 0 Å². The van der Waals surface area contributed by atoms with E-state index in [0.717, 1.165) is 43.1 Å². The summed E-state index contributed by atoms with van der Waals surface area (Å²) in [5.74, 6) is 0.0677. The van der Waals surface area contributed by atoms with E-state index in [-0.39, 0.29) is 42.2 Å². The molecule has 2 aromatic carbocycles. The average molecular weight is 639 g/mol. The van der Waals surface area contributed by atoms with Gasteiger partial charge in [0.15, 0.2) is 0 Å². The summed E-state index contributed by atoms with van der Waals surface area (Å²) in [6.07, 6.45) is -14.3. The van der Waals surface area contributed by atoms with E-state index in [4.69, 9.17) is 9.47 Å². The quantitative estimate of drug-likeness (QED) is 0.298. The molecule has 240 valence electrons. The van der Waals surface area contributed by atoms with Gasteiger partial charge in [-0.2, -0.15) is 39.5 Å². The summed E-state index contributed by atoms with van der Waals surface area (Å²) < 4.78 is 133. The zero-order chi connectivity index (χ0) is 32.2. The van der Waals surface area contributed by atoms with Gasteiger partial charge in [0.25, 0.3) is 0 Å². The Balaban J connectivity index is 1.61. The van der Waals surface area contributed by atoms with Gasteiger partial charge in [0.05, 0.1) is 42.1 Å². The summed E-state index contributed by atoms with van der Waals surface area (Å²) in [4.78, 5) is 28.5. The van der Waals surface area contributed by atoms with E-state index in [1.807, 2.05) is 0 Å². The lowest BCUT2D eigenvalue weighted by Crippen LogP contribution is -2.50. The van der Waals surface area contributed by atoms with Gasteiger partial charge in [-0.1, -0.05) is 0 Å². The minimum Gasteiger partial charge on any atom is -0.453 e. The Kier molecular flexibility index (Phi) is 8.21. The number of amides is 2. The Labute approximate surface area is 245 Å². The van der Waals surface area contributed by atoms with Crippen molar-refractivity contribution in [3.8, 4) is 0 Å². The minimum absolute atomic E-state index is 0.000808. The van der Waals surface area contributed by atoms with Crippen molar-refractivity contribution < 1.29 is 58.6 Å². The summed E-state index contributed by atoms with van der Waals surface area (Å²) >= 11 is 0. The van der Waals surface area contributed by atoms with Crippen LogP contribution in [-0.4, -0.2) is 36.8 Å². The molecule has 2 aliphatic carbocycles.